The molecule has 1 amide bonds. The normalized spacial score (nSPS) is 12.0. The molecular weight excluding hydrogens is 293 g/mol. The van der Waals surface area contributed by atoms with E-state index in [4.69, 9.17) is 23.2 Å². The fourth-order valence-electron chi connectivity index (χ4n) is 2.02. The maximum atomic E-state index is 12.3. The van der Waals surface area contributed by atoms with Gasteiger partial charge in [-0.15, -0.1) is 11.6 Å². The first-order chi connectivity index (χ1) is 9.47. The highest BCUT2D eigenvalue weighted by Crippen LogP contribution is 2.27. The van der Waals surface area contributed by atoms with Crippen LogP contribution >= 0.6 is 23.2 Å². The number of halogens is 2. The first-order valence-electron chi connectivity index (χ1n) is 6.29. The molecule has 2 nitrogen and oxygen atoms in total. The SMILES string of the molecule is Cc1cc(Cl)cc(C(=O)Nc2ccccc2C(C)Cl)c1. The average Bonchev–Trinajstić information content (AvgIpc) is 2.37. The van der Waals surface area contributed by atoms with Crippen LogP contribution < -0.4 is 5.32 Å². The second kappa shape index (κ2) is 6.29. The Morgan fingerprint density at radius 1 is 1.20 bits per heavy atom. The van der Waals surface area contributed by atoms with Crippen molar-refractivity contribution in [2.45, 2.75) is 19.2 Å². The lowest BCUT2D eigenvalue weighted by Gasteiger charge is -2.13. The molecule has 0 spiro atoms. The molecule has 2 aromatic carbocycles. The van der Waals surface area contributed by atoms with Crippen LogP contribution in [0.5, 0.6) is 0 Å². The van der Waals surface area contributed by atoms with E-state index in [1.165, 1.54) is 0 Å². The summed E-state index contributed by atoms with van der Waals surface area (Å²) in [5.74, 6) is -0.194. The summed E-state index contributed by atoms with van der Waals surface area (Å²) in [5.41, 5.74) is 3.09. The van der Waals surface area contributed by atoms with Gasteiger partial charge >= 0.3 is 0 Å². The third-order valence-electron chi connectivity index (χ3n) is 2.94. The standard InChI is InChI=1S/C16H15Cl2NO/c1-10-7-12(9-13(18)8-10)16(20)19-15-6-4-3-5-14(15)11(2)17/h3-9,11H,1-2H3,(H,19,20). The Hall–Kier alpha value is -1.51. The average molecular weight is 308 g/mol. The minimum Gasteiger partial charge on any atom is -0.322 e. The van der Waals surface area contributed by atoms with Crippen LogP contribution in [0.25, 0.3) is 0 Å². The number of carbonyl (C=O) groups is 1. The van der Waals surface area contributed by atoms with Crippen LogP contribution in [-0.4, -0.2) is 5.91 Å². The Morgan fingerprint density at radius 2 is 1.90 bits per heavy atom. The summed E-state index contributed by atoms with van der Waals surface area (Å²) in [6, 6.07) is 12.8. The number of anilines is 1. The van der Waals surface area contributed by atoms with Gasteiger partial charge in [0.25, 0.3) is 5.91 Å². The van der Waals surface area contributed by atoms with E-state index in [0.717, 1.165) is 16.8 Å². The van der Waals surface area contributed by atoms with Crippen molar-refractivity contribution in [3.05, 3.63) is 64.2 Å². The maximum Gasteiger partial charge on any atom is 0.255 e. The number of benzene rings is 2. The third kappa shape index (κ3) is 3.53. The van der Waals surface area contributed by atoms with Gasteiger partial charge in [-0.05, 0) is 49.2 Å². The Labute approximate surface area is 128 Å². The summed E-state index contributed by atoms with van der Waals surface area (Å²) in [6.45, 7) is 3.77. The van der Waals surface area contributed by atoms with E-state index in [2.05, 4.69) is 5.32 Å². The molecule has 0 heterocycles. The maximum absolute atomic E-state index is 12.3. The molecule has 2 rings (SSSR count). The van der Waals surface area contributed by atoms with Gasteiger partial charge in [-0.2, -0.15) is 0 Å². The number of aryl methyl sites for hydroxylation is 1. The van der Waals surface area contributed by atoms with E-state index in [9.17, 15) is 4.79 Å². The number of carbonyl (C=O) groups excluding carboxylic acids is 1. The van der Waals surface area contributed by atoms with Crippen molar-refractivity contribution in [3.63, 3.8) is 0 Å². The van der Waals surface area contributed by atoms with E-state index < -0.39 is 0 Å². The summed E-state index contributed by atoms with van der Waals surface area (Å²) < 4.78 is 0. The summed E-state index contributed by atoms with van der Waals surface area (Å²) >= 11 is 12.1. The number of hydrogen-bond acceptors (Lipinski definition) is 1. The fraction of sp³-hybridized carbons (Fsp3) is 0.188. The van der Waals surface area contributed by atoms with Crippen molar-refractivity contribution in [3.8, 4) is 0 Å². The van der Waals surface area contributed by atoms with Gasteiger partial charge in [-0.3, -0.25) is 4.79 Å². The second-order valence-corrected chi connectivity index (χ2v) is 5.77. The molecule has 0 fully saturated rings. The molecular formula is C16H15Cl2NO. The first-order valence-corrected chi connectivity index (χ1v) is 7.10. The zero-order valence-electron chi connectivity index (χ0n) is 11.3. The van der Waals surface area contributed by atoms with Crippen molar-refractivity contribution in [2.75, 3.05) is 5.32 Å². The molecule has 20 heavy (non-hydrogen) atoms. The first kappa shape index (κ1) is 14.9. The number of hydrogen-bond donors (Lipinski definition) is 1. The molecule has 1 N–H and O–H groups in total. The Balaban J connectivity index is 2.28. The van der Waals surface area contributed by atoms with E-state index >= 15 is 0 Å². The fourth-order valence-corrected chi connectivity index (χ4v) is 2.50. The number of nitrogens with one attached hydrogen (secondary N) is 1. The lowest BCUT2D eigenvalue weighted by Crippen LogP contribution is -2.13. The van der Waals surface area contributed by atoms with E-state index in [-0.39, 0.29) is 11.3 Å². The summed E-state index contributed by atoms with van der Waals surface area (Å²) in [6.07, 6.45) is 0. The van der Waals surface area contributed by atoms with Gasteiger partial charge in [-0.1, -0.05) is 29.8 Å². The zero-order chi connectivity index (χ0) is 14.7. The molecule has 1 unspecified atom stereocenters. The van der Waals surface area contributed by atoms with Gasteiger partial charge in [0.05, 0.1) is 5.38 Å². The summed E-state index contributed by atoms with van der Waals surface area (Å²) in [4.78, 5) is 12.3. The van der Waals surface area contributed by atoms with Gasteiger partial charge in [-0.25, -0.2) is 0 Å². The van der Waals surface area contributed by atoms with Crippen LogP contribution in [0.2, 0.25) is 5.02 Å². The molecule has 0 saturated heterocycles. The monoisotopic (exact) mass is 307 g/mol. The second-order valence-electron chi connectivity index (χ2n) is 4.67. The predicted octanol–water partition coefficient (Wildman–Crippen LogP) is 5.20. The minimum atomic E-state index is -0.194. The van der Waals surface area contributed by atoms with Gasteiger partial charge in [0.15, 0.2) is 0 Å². The third-order valence-corrected chi connectivity index (χ3v) is 3.40. The molecule has 0 radical (unpaired) electrons. The summed E-state index contributed by atoms with van der Waals surface area (Å²) in [7, 11) is 0. The molecule has 0 saturated carbocycles. The highest BCUT2D eigenvalue weighted by atomic mass is 35.5. The van der Waals surface area contributed by atoms with E-state index in [1.54, 1.807) is 12.1 Å². The van der Waals surface area contributed by atoms with E-state index in [1.807, 2.05) is 44.2 Å². The lowest BCUT2D eigenvalue weighted by molar-refractivity contribution is 0.102. The van der Waals surface area contributed by atoms with Crippen LogP contribution in [0.15, 0.2) is 42.5 Å². The molecule has 2 aromatic rings. The van der Waals surface area contributed by atoms with Crippen molar-refractivity contribution < 1.29 is 4.79 Å². The van der Waals surface area contributed by atoms with Crippen LogP contribution in [0.3, 0.4) is 0 Å². The van der Waals surface area contributed by atoms with Crippen LogP contribution in [0.4, 0.5) is 5.69 Å². The molecule has 0 aliphatic rings. The Kier molecular flexibility index (Phi) is 4.69. The summed E-state index contributed by atoms with van der Waals surface area (Å²) in [5, 5.41) is 3.26. The molecule has 104 valence electrons. The Bertz CT molecular complexity index is 618. The molecule has 0 aliphatic heterocycles. The highest BCUT2D eigenvalue weighted by molar-refractivity contribution is 6.31. The predicted molar refractivity (Wildman–Crippen MR) is 84.9 cm³/mol. The van der Waals surface area contributed by atoms with Gasteiger partial charge in [0, 0.05) is 16.3 Å². The van der Waals surface area contributed by atoms with Gasteiger partial charge in [0.2, 0.25) is 0 Å². The zero-order valence-corrected chi connectivity index (χ0v) is 12.8. The Morgan fingerprint density at radius 3 is 2.55 bits per heavy atom. The number of alkyl halides is 1. The van der Waals surface area contributed by atoms with Gasteiger partial charge in [0.1, 0.15) is 0 Å². The lowest BCUT2D eigenvalue weighted by atomic mass is 10.1. The van der Waals surface area contributed by atoms with Crippen LogP contribution in [0.1, 0.15) is 33.8 Å². The molecule has 0 bridgehead atoms. The van der Waals surface area contributed by atoms with Crippen LogP contribution in [-0.2, 0) is 0 Å². The largest absolute Gasteiger partial charge is 0.322 e. The van der Waals surface area contributed by atoms with Crippen molar-refractivity contribution in [1.82, 2.24) is 0 Å². The number of para-hydroxylation sites is 1. The molecule has 0 aromatic heterocycles. The number of amides is 1. The molecule has 1 atom stereocenters. The van der Waals surface area contributed by atoms with Crippen molar-refractivity contribution >= 4 is 34.8 Å². The topological polar surface area (TPSA) is 29.1 Å². The van der Waals surface area contributed by atoms with Crippen molar-refractivity contribution in [2.24, 2.45) is 0 Å². The quantitative estimate of drug-likeness (QED) is 0.776. The molecule has 0 aliphatic carbocycles. The van der Waals surface area contributed by atoms with Crippen molar-refractivity contribution in [1.29, 1.82) is 0 Å². The number of rotatable bonds is 3. The van der Waals surface area contributed by atoms with E-state index in [0.29, 0.717) is 10.6 Å². The highest BCUT2D eigenvalue weighted by Gasteiger charge is 2.12. The molecule has 4 heteroatoms. The van der Waals surface area contributed by atoms with Crippen LogP contribution in [0, 0.1) is 6.92 Å². The van der Waals surface area contributed by atoms with Gasteiger partial charge < -0.3 is 5.32 Å². The smallest absolute Gasteiger partial charge is 0.255 e. The minimum absolute atomic E-state index is 0.174.